The van der Waals surface area contributed by atoms with Crippen molar-refractivity contribution in [2.45, 2.75) is 67.7 Å². The Morgan fingerprint density at radius 3 is 2.74 bits per heavy atom. The second-order valence-electron chi connectivity index (χ2n) is 9.31. The van der Waals surface area contributed by atoms with E-state index in [9.17, 15) is 23.9 Å². The third-order valence-electron chi connectivity index (χ3n) is 6.80. The number of nitroso groups, excluding NO2 is 1. The smallest absolute Gasteiger partial charge is 0.191 e. The van der Waals surface area contributed by atoms with Crippen molar-refractivity contribution in [3.63, 3.8) is 0 Å². The number of hydrogen-bond donors (Lipinski definition) is 3. The Labute approximate surface area is 220 Å². The SMILES string of the molecule is CCCSc1nc(N(N=O)[C@H]2C[C@@H]2c2ccc(F)c(F)c2)c2nnn([C@H]3C[C@@H](OCCO)[C@H](O)[C@@H]3O)c2n1. The Kier molecular flexibility index (Phi) is 7.81. The van der Waals surface area contributed by atoms with Crippen LogP contribution in [0.2, 0.25) is 0 Å². The largest absolute Gasteiger partial charge is 0.394 e. The third kappa shape index (κ3) is 4.96. The highest BCUT2D eigenvalue weighted by Gasteiger charge is 2.47. The number of thioether (sulfide) groups is 1. The van der Waals surface area contributed by atoms with Crippen molar-refractivity contribution in [1.82, 2.24) is 25.0 Å². The molecular formula is C23H27F2N7O5S. The van der Waals surface area contributed by atoms with Crippen LogP contribution < -0.4 is 5.01 Å². The molecule has 2 aliphatic rings. The maximum Gasteiger partial charge on any atom is 0.191 e. The summed E-state index contributed by atoms with van der Waals surface area (Å²) in [5.74, 6) is -1.38. The summed E-state index contributed by atoms with van der Waals surface area (Å²) < 4.78 is 34.1. The number of aromatic nitrogens is 5. The summed E-state index contributed by atoms with van der Waals surface area (Å²) in [5.41, 5.74) is 0.947. The molecule has 0 spiro atoms. The Morgan fingerprint density at radius 1 is 1.21 bits per heavy atom. The summed E-state index contributed by atoms with van der Waals surface area (Å²) in [6, 6.07) is 2.44. The monoisotopic (exact) mass is 551 g/mol. The lowest BCUT2D eigenvalue weighted by molar-refractivity contribution is -0.0629. The van der Waals surface area contributed by atoms with Crippen LogP contribution in [0.25, 0.3) is 11.2 Å². The van der Waals surface area contributed by atoms with Gasteiger partial charge in [0.1, 0.15) is 12.2 Å². The van der Waals surface area contributed by atoms with Crippen LogP contribution in [0.1, 0.15) is 43.7 Å². The van der Waals surface area contributed by atoms with Crippen molar-refractivity contribution in [3.8, 4) is 0 Å². The first-order valence-corrected chi connectivity index (χ1v) is 13.3. The average molecular weight is 552 g/mol. The van der Waals surface area contributed by atoms with E-state index >= 15 is 0 Å². The normalized spacial score (nSPS) is 26.7. The molecule has 6 atom stereocenters. The van der Waals surface area contributed by atoms with Gasteiger partial charge in [-0.2, -0.15) is 0 Å². The van der Waals surface area contributed by atoms with Gasteiger partial charge in [-0.25, -0.2) is 28.4 Å². The standard InChI is InChI=1S/C23H27F2N7O5S/c1-2-7-38-23-26-21-18(28-29-31(21)16-10-17(37-6-5-33)20(35)19(16)34)22(27-23)32(30-36)15-9-12(15)11-3-4-13(24)14(25)8-11/h3-4,8,12,15-17,19-20,33-35H,2,5-7,9-10H2,1H3/t12-,15+,16+,17-,19-,20+/m1/s1. The van der Waals surface area contributed by atoms with E-state index in [0.29, 0.717) is 22.9 Å². The number of aliphatic hydroxyl groups is 3. The molecule has 1 aromatic carbocycles. The van der Waals surface area contributed by atoms with Gasteiger partial charge in [0.05, 0.1) is 36.7 Å². The van der Waals surface area contributed by atoms with Crippen molar-refractivity contribution in [2.24, 2.45) is 5.29 Å². The number of rotatable bonds is 11. The molecule has 2 saturated carbocycles. The molecule has 38 heavy (non-hydrogen) atoms. The first-order valence-electron chi connectivity index (χ1n) is 12.3. The Hall–Kier alpha value is -2.85. The van der Waals surface area contributed by atoms with E-state index < -0.39 is 42.0 Å². The van der Waals surface area contributed by atoms with Crippen molar-refractivity contribution >= 4 is 28.7 Å². The van der Waals surface area contributed by atoms with E-state index in [1.54, 1.807) is 0 Å². The lowest BCUT2D eigenvalue weighted by Gasteiger charge is -2.18. The van der Waals surface area contributed by atoms with Crippen LogP contribution >= 0.6 is 11.8 Å². The summed E-state index contributed by atoms with van der Waals surface area (Å²) in [6.07, 6.45) is -1.69. The predicted molar refractivity (Wildman–Crippen MR) is 132 cm³/mol. The molecule has 0 unspecified atom stereocenters. The van der Waals surface area contributed by atoms with Crippen LogP contribution in [0.4, 0.5) is 14.6 Å². The highest BCUT2D eigenvalue weighted by molar-refractivity contribution is 7.99. The fourth-order valence-corrected chi connectivity index (χ4v) is 5.52. The second-order valence-corrected chi connectivity index (χ2v) is 10.4. The first-order chi connectivity index (χ1) is 18.4. The van der Waals surface area contributed by atoms with Gasteiger partial charge in [-0.3, -0.25) is 0 Å². The molecule has 12 nitrogen and oxygen atoms in total. The van der Waals surface area contributed by atoms with E-state index in [1.165, 1.54) is 22.5 Å². The predicted octanol–water partition coefficient (Wildman–Crippen LogP) is 2.09. The molecule has 0 radical (unpaired) electrons. The number of ether oxygens (including phenoxy) is 1. The number of benzene rings is 1. The zero-order valence-corrected chi connectivity index (χ0v) is 21.2. The van der Waals surface area contributed by atoms with Crippen LogP contribution in [0, 0.1) is 16.5 Å². The van der Waals surface area contributed by atoms with Gasteiger partial charge >= 0.3 is 0 Å². The quantitative estimate of drug-likeness (QED) is 0.139. The lowest BCUT2D eigenvalue weighted by atomic mass is 10.1. The molecule has 0 amide bonds. The number of nitrogens with zero attached hydrogens (tertiary/aromatic N) is 7. The number of halogens is 2. The van der Waals surface area contributed by atoms with Gasteiger partial charge in [0.25, 0.3) is 0 Å². The van der Waals surface area contributed by atoms with Crippen molar-refractivity contribution in [3.05, 3.63) is 40.3 Å². The van der Waals surface area contributed by atoms with Crippen LogP contribution in [0.5, 0.6) is 0 Å². The van der Waals surface area contributed by atoms with E-state index in [-0.39, 0.29) is 42.5 Å². The van der Waals surface area contributed by atoms with Crippen molar-refractivity contribution < 1.29 is 28.8 Å². The Morgan fingerprint density at radius 2 is 2.03 bits per heavy atom. The fourth-order valence-electron chi connectivity index (χ4n) is 4.83. The zero-order chi connectivity index (χ0) is 27.0. The molecule has 0 bridgehead atoms. The highest BCUT2D eigenvalue weighted by Crippen LogP contribution is 2.47. The molecule has 0 aliphatic heterocycles. The molecule has 0 saturated heterocycles. The molecule has 2 aliphatic carbocycles. The molecule has 3 N–H and O–H groups in total. The van der Waals surface area contributed by atoms with Gasteiger partial charge in [-0.1, -0.05) is 30.0 Å². The minimum Gasteiger partial charge on any atom is -0.394 e. The van der Waals surface area contributed by atoms with Gasteiger partial charge < -0.3 is 20.1 Å². The molecule has 2 aromatic heterocycles. The molecule has 3 aromatic rings. The summed E-state index contributed by atoms with van der Waals surface area (Å²) in [6.45, 7) is 1.77. The minimum atomic E-state index is -1.24. The topological polar surface area (TPSA) is 159 Å². The van der Waals surface area contributed by atoms with Gasteiger partial charge in [-0.05, 0) is 30.5 Å². The third-order valence-corrected chi connectivity index (χ3v) is 7.86. The maximum atomic E-state index is 13.8. The van der Waals surface area contributed by atoms with Gasteiger partial charge in [-0.15, -0.1) is 10.0 Å². The van der Waals surface area contributed by atoms with Gasteiger partial charge in [0, 0.05) is 18.1 Å². The summed E-state index contributed by atoms with van der Waals surface area (Å²) in [4.78, 5) is 21.2. The van der Waals surface area contributed by atoms with Crippen molar-refractivity contribution in [2.75, 3.05) is 24.0 Å². The average Bonchev–Trinajstić information content (AvgIpc) is 3.50. The number of fused-ring (bicyclic) bond motifs is 1. The van der Waals surface area contributed by atoms with Crippen LogP contribution in [0.15, 0.2) is 28.6 Å². The fraction of sp³-hybridized carbons (Fsp3) is 0.565. The Bertz CT molecular complexity index is 1320. The zero-order valence-electron chi connectivity index (χ0n) is 20.4. The second kappa shape index (κ2) is 11.1. The van der Waals surface area contributed by atoms with Gasteiger partial charge in [0.15, 0.2) is 33.8 Å². The van der Waals surface area contributed by atoms with E-state index in [2.05, 4.69) is 25.6 Å². The summed E-state index contributed by atoms with van der Waals surface area (Å²) in [7, 11) is 0. The highest BCUT2D eigenvalue weighted by atomic mass is 32.2. The minimum absolute atomic E-state index is 0.00384. The molecule has 5 rings (SSSR count). The van der Waals surface area contributed by atoms with Crippen LogP contribution in [0.3, 0.4) is 0 Å². The lowest BCUT2D eigenvalue weighted by Crippen LogP contribution is -2.33. The molecule has 2 fully saturated rings. The molecular weight excluding hydrogens is 524 g/mol. The number of anilines is 1. The molecule has 2 heterocycles. The molecule has 204 valence electrons. The van der Waals surface area contributed by atoms with Crippen molar-refractivity contribution in [1.29, 1.82) is 0 Å². The first kappa shape index (κ1) is 26.7. The maximum absolute atomic E-state index is 13.8. The van der Waals surface area contributed by atoms with E-state index in [0.717, 1.165) is 23.6 Å². The number of aliphatic hydroxyl groups excluding tert-OH is 3. The number of hydrogen-bond acceptors (Lipinski definition) is 11. The summed E-state index contributed by atoms with van der Waals surface area (Å²) in [5, 5.41) is 43.3. The van der Waals surface area contributed by atoms with E-state index in [1.807, 2.05) is 6.92 Å². The Balaban J connectivity index is 1.50. The van der Waals surface area contributed by atoms with Crippen LogP contribution in [-0.4, -0.2) is 83.6 Å². The van der Waals surface area contributed by atoms with E-state index in [4.69, 9.17) is 9.84 Å². The van der Waals surface area contributed by atoms with Crippen LogP contribution in [-0.2, 0) is 4.74 Å². The van der Waals surface area contributed by atoms with Gasteiger partial charge in [0.2, 0.25) is 0 Å². The summed E-state index contributed by atoms with van der Waals surface area (Å²) >= 11 is 1.36. The molecule has 15 heteroatoms.